The minimum Gasteiger partial charge on any atom is -0.352 e. The van der Waals surface area contributed by atoms with Crippen LogP contribution in [0.25, 0.3) is 16.2 Å². The highest BCUT2D eigenvalue weighted by Gasteiger charge is 2.28. The lowest BCUT2D eigenvalue weighted by Crippen LogP contribution is -2.43. The maximum absolute atomic E-state index is 13.2. The largest absolute Gasteiger partial charge is 0.352 e. The van der Waals surface area contributed by atoms with Crippen LogP contribution in [0.3, 0.4) is 0 Å². The summed E-state index contributed by atoms with van der Waals surface area (Å²) in [6.07, 6.45) is 3.62. The molecule has 2 aromatic heterocycles. The van der Waals surface area contributed by atoms with Crippen molar-refractivity contribution in [3.63, 3.8) is 0 Å². The van der Waals surface area contributed by atoms with Gasteiger partial charge in [0.1, 0.15) is 5.82 Å². The van der Waals surface area contributed by atoms with Crippen LogP contribution in [0.5, 0.6) is 0 Å². The molecule has 1 aliphatic heterocycles. The minimum absolute atomic E-state index is 0.0366. The monoisotopic (exact) mass is 469 g/mol. The Morgan fingerprint density at radius 1 is 1.22 bits per heavy atom. The van der Waals surface area contributed by atoms with Gasteiger partial charge in [-0.3, -0.25) is 4.79 Å². The van der Waals surface area contributed by atoms with Crippen molar-refractivity contribution < 1.29 is 9.18 Å². The Bertz CT molecular complexity index is 1220. The second-order valence-corrected chi connectivity index (χ2v) is 9.18. The zero-order valence-electron chi connectivity index (χ0n) is 17.2. The van der Waals surface area contributed by atoms with Crippen LogP contribution in [0.2, 0.25) is 5.02 Å². The van der Waals surface area contributed by atoms with Crippen molar-refractivity contribution in [1.29, 1.82) is 0 Å². The SMILES string of the molecule is O=C(NCc1ccccc1Cl)[C@@H]1CCCN(c2nn3cc(-c4ccc(F)cc4)nc3s2)C1. The number of aromatic nitrogens is 3. The summed E-state index contributed by atoms with van der Waals surface area (Å²) in [5.74, 6) is -0.336. The van der Waals surface area contributed by atoms with Crippen LogP contribution in [0.4, 0.5) is 9.52 Å². The molecule has 0 saturated carbocycles. The maximum Gasteiger partial charge on any atom is 0.225 e. The molecule has 164 valence electrons. The number of rotatable bonds is 5. The standard InChI is InChI=1S/C23H21ClFN5OS/c24-19-6-2-1-4-16(19)12-26-21(31)17-5-3-11-29(13-17)23-28-30-14-20(27-22(30)32-23)15-7-9-18(25)10-8-15/h1-2,4,6-10,14,17H,3,5,11-13H2,(H,26,31)/t17-/m1/s1. The first-order valence-electron chi connectivity index (χ1n) is 10.4. The zero-order chi connectivity index (χ0) is 22.1. The van der Waals surface area contributed by atoms with Crippen molar-refractivity contribution in [1.82, 2.24) is 19.9 Å². The van der Waals surface area contributed by atoms with Gasteiger partial charge in [0.05, 0.1) is 17.8 Å². The second-order valence-electron chi connectivity index (χ2n) is 7.84. The van der Waals surface area contributed by atoms with E-state index in [-0.39, 0.29) is 17.6 Å². The van der Waals surface area contributed by atoms with Gasteiger partial charge in [-0.25, -0.2) is 13.9 Å². The molecule has 1 saturated heterocycles. The zero-order valence-corrected chi connectivity index (χ0v) is 18.7. The molecule has 1 amide bonds. The summed E-state index contributed by atoms with van der Waals surface area (Å²) < 4.78 is 14.9. The quantitative estimate of drug-likeness (QED) is 0.456. The number of hydrogen-bond donors (Lipinski definition) is 1. The van der Waals surface area contributed by atoms with Crippen molar-refractivity contribution in [2.24, 2.45) is 5.92 Å². The number of imidazole rings is 1. The van der Waals surface area contributed by atoms with Crippen LogP contribution in [0, 0.1) is 11.7 Å². The molecule has 2 aromatic carbocycles. The minimum atomic E-state index is -0.272. The summed E-state index contributed by atoms with van der Waals surface area (Å²) in [6, 6.07) is 13.8. The number of carbonyl (C=O) groups is 1. The molecule has 6 nitrogen and oxygen atoms in total. The molecule has 9 heteroatoms. The molecule has 32 heavy (non-hydrogen) atoms. The normalized spacial score (nSPS) is 16.4. The molecule has 1 fully saturated rings. The van der Waals surface area contributed by atoms with Crippen molar-refractivity contribution in [3.8, 4) is 11.3 Å². The van der Waals surface area contributed by atoms with Gasteiger partial charge < -0.3 is 10.2 Å². The highest BCUT2D eigenvalue weighted by atomic mass is 35.5. The molecule has 3 heterocycles. The number of nitrogens with zero attached hydrogens (tertiary/aromatic N) is 4. The summed E-state index contributed by atoms with van der Waals surface area (Å²) in [5, 5.41) is 9.20. The lowest BCUT2D eigenvalue weighted by molar-refractivity contribution is -0.125. The number of amides is 1. The first-order valence-corrected chi connectivity index (χ1v) is 11.6. The molecule has 0 bridgehead atoms. The highest BCUT2D eigenvalue weighted by Crippen LogP contribution is 2.30. The fourth-order valence-corrected chi connectivity index (χ4v) is 5.03. The number of nitrogens with one attached hydrogen (secondary N) is 1. The lowest BCUT2D eigenvalue weighted by atomic mass is 9.97. The van der Waals surface area contributed by atoms with Gasteiger partial charge in [0, 0.05) is 30.2 Å². The molecule has 4 aromatic rings. The fraction of sp³-hybridized carbons (Fsp3) is 0.261. The third-order valence-corrected chi connectivity index (χ3v) is 7.00. The Balaban J connectivity index is 1.25. The van der Waals surface area contributed by atoms with Crippen molar-refractivity contribution in [2.45, 2.75) is 19.4 Å². The summed E-state index contributed by atoms with van der Waals surface area (Å²) in [6.45, 7) is 1.90. The van der Waals surface area contributed by atoms with Crippen LogP contribution >= 0.6 is 22.9 Å². The van der Waals surface area contributed by atoms with E-state index in [2.05, 4.69) is 20.3 Å². The third kappa shape index (κ3) is 4.33. The van der Waals surface area contributed by atoms with Crippen LogP contribution in [0.1, 0.15) is 18.4 Å². The van der Waals surface area contributed by atoms with Crippen molar-refractivity contribution in [2.75, 3.05) is 18.0 Å². The van der Waals surface area contributed by atoms with E-state index in [1.54, 1.807) is 16.6 Å². The van der Waals surface area contributed by atoms with Gasteiger partial charge in [-0.05, 0) is 48.7 Å². The molecule has 1 atom stereocenters. The first-order chi connectivity index (χ1) is 15.6. The van der Waals surface area contributed by atoms with Gasteiger partial charge in [-0.15, -0.1) is 5.10 Å². The molecule has 1 N–H and O–H groups in total. The fourth-order valence-electron chi connectivity index (χ4n) is 3.91. The Morgan fingerprint density at radius 2 is 2.03 bits per heavy atom. The van der Waals surface area contributed by atoms with Crippen LogP contribution < -0.4 is 10.2 Å². The van der Waals surface area contributed by atoms with E-state index in [9.17, 15) is 9.18 Å². The number of fused-ring (bicyclic) bond motifs is 1. The number of halogens is 2. The Labute approximate surface area is 193 Å². The second kappa shape index (κ2) is 8.88. The topological polar surface area (TPSA) is 62.5 Å². The molecule has 0 unspecified atom stereocenters. The van der Waals surface area contributed by atoms with E-state index in [1.165, 1.54) is 23.5 Å². The van der Waals surface area contributed by atoms with E-state index in [4.69, 9.17) is 11.6 Å². The predicted octanol–water partition coefficient (Wildman–Crippen LogP) is 4.78. The number of piperidine rings is 1. The number of benzene rings is 2. The summed E-state index contributed by atoms with van der Waals surface area (Å²) in [7, 11) is 0. The van der Waals surface area contributed by atoms with E-state index in [0.717, 1.165) is 46.3 Å². The maximum atomic E-state index is 13.2. The lowest BCUT2D eigenvalue weighted by Gasteiger charge is -2.31. The van der Waals surface area contributed by atoms with Crippen LogP contribution in [-0.4, -0.2) is 33.6 Å². The van der Waals surface area contributed by atoms with Gasteiger partial charge in [0.2, 0.25) is 16.0 Å². The number of hydrogen-bond acceptors (Lipinski definition) is 5. The summed E-state index contributed by atoms with van der Waals surface area (Å²) in [5.41, 5.74) is 2.51. The van der Waals surface area contributed by atoms with Crippen molar-refractivity contribution >= 4 is 38.9 Å². The van der Waals surface area contributed by atoms with Gasteiger partial charge in [-0.1, -0.05) is 41.1 Å². The van der Waals surface area contributed by atoms with Gasteiger partial charge >= 0.3 is 0 Å². The summed E-state index contributed by atoms with van der Waals surface area (Å²) >= 11 is 7.68. The molecule has 0 spiro atoms. The van der Waals surface area contributed by atoms with E-state index >= 15 is 0 Å². The number of anilines is 1. The van der Waals surface area contributed by atoms with Gasteiger partial charge in [0.25, 0.3) is 0 Å². The van der Waals surface area contributed by atoms with Gasteiger partial charge in [-0.2, -0.15) is 0 Å². The van der Waals surface area contributed by atoms with E-state index in [1.807, 2.05) is 30.5 Å². The van der Waals surface area contributed by atoms with Crippen LogP contribution in [0.15, 0.2) is 54.7 Å². The molecular formula is C23H21ClFN5OS. The predicted molar refractivity (Wildman–Crippen MR) is 124 cm³/mol. The highest BCUT2D eigenvalue weighted by molar-refractivity contribution is 7.20. The average Bonchev–Trinajstić information content (AvgIpc) is 3.39. The molecule has 1 aliphatic rings. The summed E-state index contributed by atoms with van der Waals surface area (Å²) in [4.78, 5) is 20.3. The molecule has 5 rings (SSSR count). The third-order valence-electron chi connectivity index (χ3n) is 5.65. The van der Waals surface area contributed by atoms with E-state index in [0.29, 0.717) is 18.1 Å². The smallest absolute Gasteiger partial charge is 0.225 e. The Hall–Kier alpha value is -2.97. The average molecular weight is 470 g/mol. The first kappa shape index (κ1) is 20.9. The molecule has 0 aliphatic carbocycles. The van der Waals surface area contributed by atoms with Crippen molar-refractivity contribution in [3.05, 3.63) is 71.1 Å². The molecule has 0 radical (unpaired) electrons. The Morgan fingerprint density at radius 3 is 2.81 bits per heavy atom. The molecular weight excluding hydrogens is 449 g/mol. The number of carbonyl (C=O) groups excluding carboxylic acids is 1. The van der Waals surface area contributed by atoms with Crippen LogP contribution in [-0.2, 0) is 11.3 Å². The Kier molecular flexibility index (Phi) is 5.80. The van der Waals surface area contributed by atoms with E-state index < -0.39 is 0 Å². The van der Waals surface area contributed by atoms with Gasteiger partial charge in [0.15, 0.2) is 0 Å².